The molecule has 0 aromatic heterocycles. The molecule has 0 unspecified atom stereocenters. The van der Waals surface area contributed by atoms with Crippen LogP contribution in [-0.4, -0.2) is 0 Å². The van der Waals surface area contributed by atoms with Gasteiger partial charge in [-0.2, -0.15) is 0 Å². The molecule has 0 nitrogen and oxygen atoms in total. The summed E-state index contributed by atoms with van der Waals surface area (Å²) in [7, 11) is 0. The molecule has 0 heteroatoms. The van der Waals surface area contributed by atoms with Crippen molar-refractivity contribution in [2.24, 2.45) is 0 Å². The number of hydrogen-bond donors (Lipinski definition) is 0. The molecule has 2 aromatic rings. The third kappa shape index (κ3) is 2.40. The van der Waals surface area contributed by atoms with E-state index < -0.39 is 0 Å². The highest BCUT2D eigenvalue weighted by molar-refractivity contribution is 5.71. The number of hydrogen-bond acceptors (Lipinski definition) is 0. The van der Waals surface area contributed by atoms with E-state index in [-0.39, 0.29) is 0 Å². The molecule has 0 radical (unpaired) electrons. The lowest BCUT2D eigenvalue weighted by molar-refractivity contribution is 1.16. The second-order valence-electron chi connectivity index (χ2n) is 8.70. The number of benzene rings is 2. The van der Waals surface area contributed by atoms with Gasteiger partial charge in [-0.3, -0.25) is 0 Å². The smallest absolute Gasteiger partial charge is 0.00195 e. The lowest BCUT2D eigenvalue weighted by Crippen LogP contribution is -2.00. The normalized spacial score (nSPS) is 19.3. The van der Waals surface area contributed by atoms with Crippen LogP contribution < -0.4 is 10.4 Å². The van der Waals surface area contributed by atoms with E-state index in [9.17, 15) is 0 Å². The Hall–Kier alpha value is -3.64. The Balaban J connectivity index is 1.48. The summed E-state index contributed by atoms with van der Waals surface area (Å²) < 4.78 is 0. The molecule has 0 atom stereocenters. The third-order valence-electron chi connectivity index (χ3n) is 6.78. The molecule has 7 rings (SSSR count). The van der Waals surface area contributed by atoms with Gasteiger partial charge >= 0.3 is 0 Å². The van der Waals surface area contributed by atoms with E-state index in [1.165, 1.54) is 65.4 Å². The van der Waals surface area contributed by atoms with Gasteiger partial charge in [0.15, 0.2) is 0 Å². The van der Waals surface area contributed by atoms with Crippen molar-refractivity contribution < 1.29 is 0 Å². The molecule has 5 aliphatic carbocycles. The number of allylic oxidation sites excluding steroid dienone is 13. The first-order valence-corrected chi connectivity index (χ1v) is 10.7. The summed E-state index contributed by atoms with van der Waals surface area (Å²) in [5.41, 5.74) is 11.1. The lowest BCUT2D eigenvalue weighted by atomic mass is 9.89. The van der Waals surface area contributed by atoms with E-state index in [1.54, 1.807) is 0 Å². The summed E-state index contributed by atoms with van der Waals surface area (Å²) in [5, 5.41) is 5.26. The molecule has 140 valence electrons. The van der Waals surface area contributed by atoms with Gasteiger partial charge in [-0.15, -0.1) is 0 Å². The van der Waals surface area contributed by atoms with Crippen molar-refractivity contribution in [1.29, 1.82) is 0 Å². The first kappa shape index (κ1) is 16.2. The zero-order valence-electron chi connectivity index (χ0n) is 16.7. The minimum Gasteiger partial charge on any atom is -0.0581 e. The Labute approximate surface area is 175 Å². The molecule has 5 aliphatic rings. The minimum absolute atomic E-state index is 1.01. The topological polar surface area (TPSA) is 0 Å². The SMILES string of the molecule is C1=Cc2ccc3c(c2)=Cc2cc(ccc2=3)=CC=C2C=CC3=C(C=C4CC1=CC=C43)C2. The Kier molecular flexibility index (Phi) is 3.20. The second kappa shape index (κ2) is 5.93. The van der Waals surface area contributed by atoms with Crippen LogP contribution >= 0.6 is 0 Å². The molecular weight excluding hydrogens is 360 g/mol. The maximum absolute atomic E-state index is 2.42. The monoisotopic (exact) mass is 380 g/mol. The predicted molar refractivity (Wildman–Crippen MR) is 125 cm³/mol. The molecule has 0 heterocycles. The van der Waals surface area contributed by atoms with Gasteiger partial charge in [-0.05, 0) is 96.5 Å². The highest BCUT2D eigenvalue weighted by Gasteiger charge is 2.24. The molecule has 0 amide bonds. The summed E-state index contributed by atoms with van der Waals surface area (Å²) in [6.07, 6.45) is 25.0. The first-order chi connectivity index (χ1) is 14.8. The summed E-state index contributed by atoms with van der Waals surface area (Å²) in [5.74, 6) is 0. The van der Waals surface area contributed by atoms with E-state index in [2.05, 4.69) is 97.2 Å². The second-order valence-corrected chi connectivity index (χ2v) is 8.70. The predicted octanol–water partition coefficient (Wildman–Crippen LogP) is 5.30. The minimum atomic E-state index is 1.01. The van der Waals surface area contributed by atoms with E-state index in [0.717, 1.165) is 12.8 Å². The van der Waals surface area contributed by atoms with Gasteiger partial charge < -0.3 is 0 Å². The average Bonchev–Trinajstić information content (AvgIpc) is 3.31. The maximum Gasteiger partial charge on any atom is -0.00195 e. The van der Waals surface area contributed by atoms with Crippen molar-refractivity contribution >= 4 is 18.2 Å². The summed E-state index contributed by atoms with van der Waals surface area (Å²) in [4.78, 5) is 0. The molecule has 8 bridgehead atoms. The Bertz CT molecular complexity index is 1610. The third-order valence-corrected chi connectivity index (χ3v) is 6.78. The van der Waals surface area contributed by atoms with Crippen molar-refractivity contribution in [2.45, 2.75) is 12.8 Å². The lowest BCUT2D eigenvalue weighted by Gasteiger charge is -2.15. The van der Waals surface area contributed by atoms with E-state index >= 15 is 0 Å². The quantitative estimate of drug-likeness (QED) is 0.496. The van der Waals surface area contributed by atoms with Crippen LogP contribution in [0, 0.1) is 10.4 Å². The van der Waals surface area contributed by atoms with E-state index in [4.69, 9.17) is 0 Å². The maximum atomic E-state index is 2.42. The van der Waals surface area contributed by atoms with Crippen LogP contribution in [0.3, 0.4) is 0 Å². The molecule has 0 N–H and O–H groups in total. The van der Waals surface area contributed by atoms with Crippen molar-refractivity contribution in [3.8, 4) is 0 Å². The van der Waals surface area contributed by atoms with Crippen molar-refractivity contribution in [1.82, 2.24) is 0 Å². The van der Waals surface area contributed by atoms with Crippen LogP contribution in [0.25, 0.3) is 18.2 Å². The van der Waals surface area contributed by atoms with E-state index in [0.29, 0.717) is 0 Å². The molecule has 2 aromatic carbocycles. The fraction of sp³-hybridized carbons (Fsp3) is 0.0667. The molecule has 0 aliphatic heterocycles. The van der Waals surface area contributed by atoms with Gasteiger partial charge in [0.05, 0.1) is 0 Å². The molecule has 0 saturated heterocycles. The Morgan fingerprint density at radius 3 is 2.50 bits per heavy atom. The summed E-state index contributed by atoms with van der Waals surface area (Å²) in [6.45, 7) is 0. The number of rotatable bonds is 0. The van der Waals surface area contributed by atoms with Crippen molar-refractivity contribution in [3.63, 3.8) is 0 Å². The molecule has 0 spiro atoms. The first-order valence-electron chi connectivity index (χ1n) is 10.7. The van der Waals surface area contributed by atoms with Crippen LogP contribution in [0.15, 0.2) is 112 Å². The number of fused-ring (bicyclic) bond motifs is 5. The molecule has 0 saturated carbocycles. The van der Waals surface area contributed by atoms with Gasteiger partial charge in [0.25, 0.3) is 0 Å². The summed E-state index contributed by atoms with van der Waals surface area (Å²) in [6, 6.07) is 13.6. The van der Waals surface area contributed by atoms with Gasteiger partial charge in [0.1, 0.15) is 0 Å². The van der Waals surface area contributed by atoms with Gasteiger partial charge in [0.2, 0.25) is 0 Å². The highest BCUT2D eigenvalue weighted by Crippen LogP contribution is 2.42. The Morgan fingerprint density at radius 2 is 1.50 bits per heavy atom. The van der Waals surface area contributed by atoms with Crippen LogP contribution in [0.4, 0.5) is 0 Å². The van der Waals surface area contributed by atoms with Crippen LogP contribution in [0.2, 0.25) is 0 Å². The van der Waals surface area contributed by atoms with Crippen LogP contribution in [-0.2, 0) is 0 Å². The van der Waals surface area contributed by atoms with Gasteiger partial charge in [-0.25, -0.2) is 0 Å². The largest absolute Gasteiger partial charge is 0.0581 e. The summed E-state index contributed by atoms with van der Waals surface area (Å²) >= 11 is 0. The molecule has 30 heavy (non-hydrogen) atoms. The Morgan fingerprint density at radius 1 is 0.633 bits per heavy atom. The van der Waals surface area contributed by atoms with Crippen molar-refractivity contribution in [2.75, 3.05) is 0 Å². The fourth-order valence-corrected chi connectivity index (χ4v) is 5.24. The zero-order valence-corrected chi connectivity index (χ0v) is 16.7. The van der Waals surface area contributed by atoms with Gasteiger partial charge in [-0.1, -0.05) is 78.9 Å². The highest BCUT2D eigenvalue weighted by atomic mass is 14.3. The van der Waals surface area contributed by atoms with Gasteiger partial charge in [0, 0.05) is 0 Å². The molecular formula is C30H20. The fourth-order valence-electron chi connectivity index (χ4n) is 5.24. The standard InChI is InChI=1S/C30H20/c1-2-20-6-10-28-24(14-20)18-26-16-22(8-12-30(26)28)4-3-21-7-11-29-25(15-21)17-23-13-19(1)5-9-27(23)29/h1-13,15,17-18H,14,16H2. The zero-order chi connectivity index (χ0) is 19.7. The van der Waals surface area contributed by atoms with Crippen LogP contribution in [0.1, 0.15) is 24.0 Å². The van der Waals surface area contributed by atoms with E-state index in [1.807, 2.05) is 0 Å². The molecule has 0 fully saturated rings. The average molecular weight is 380 g/mol. The van der Waals surface area contributed by atoms with Crippen molar-refractivity contribution in [3.05, 3.63) is 144 Å². The van der Waals surface area contributed by atoms with Crippen LogP contribution in [0.5, 0.6) is 0 Å².